The Balaban J connectivity index is 2.65. The van der Waals surface area contributed by atoms with Crippen LogP contribution in [0.4, 0.5) is 0 Å². The number of carbonyl (C=O) groups is 1. The van der Waals surface area contributed by atoms with E-state index in [4.69, 9.17) is 4.74 Å². The standard InChI is InChI=1S/C18H24O2Si/c1-13(21(3,4)5)14-10-8-11-16(19)18(14)15-9-6-7-12-17(15)20-2/h6-7,9,12H,1,8,10-11H2,2-5H3. The molecule has 0 heterocycles. The van der Waals surface area contributed by atoms with Crippen LogP contribution in [0.1, 0.15) is 24.8 Å². The molecule has 2 rings (SSSR count). The maximum absolute atomic E-state index is 12.6. The van der Waals surface area contributed by atoms with Crippen molar-refractivity contribution in [3.05, 3.63) is 47.2 Å². The lowest BCUT2D eigenvalue weighted by Crippen LogP contribution is -2.27. The zero-order valence-electron chi connectivity index (χ0n) is 13.5. The van der Waals surface area contributed by atoms with E-state index in [0.717, 1.165) is 35.3 Å². The number of hydrogen-bond donors (Lipinski definition) is 0. The van der Waals surface area contributed by atoms with E-state index in [0.29, 0.717) is 6.42 Å². The summed E-state index contributed by atoms with van der Waals surface area (Å²) in [6.07, 6.45) is 2.49. The Morgan fingerprint density at radius 3 is 2.48 bits per heavy atom. The molecular formula is C18H24O2Si. The fourth-order valence-corrected chi connectivity index (χ4v) is 3.92. The summed E-state index contributed by atoms with van der Waals surface area (Å²) in [5, 5.41) is 1.19. The van der Waals surface area contributed by atoms with Crippen molar-refractivity contribution in [2.24, 2.45) is 0 Å². The van der Waals surface area contributed by atoms with Crippen molar-refractivity contribution in [3.8, 4) is 5.75 Å². The van der Waals surface area contributed by atoms with Crippen LogP contribution in [0.3, 0.4) is 0 Å². The normalized spacial score (nSPS) is 16.1. The zero-order valence-corrected chi connectivity index (χ0v) is 14.5. The van der Waals surface area contributed by atoms with Crippen LogP contribution >= 0.6 is 0 Å². The minimum absolute atomic E-state index is 0.222. The molecule has 0 spiro atoms. The van der Waals surface area contributed by atoms with Gasteiger partial charge in [-0.25, -0.2) is 0 Å². The largest absolute Gasteiger partial charge is 0.496 e. The van der Waals surface area contributed by atoms with Crippen LogP contribution in [0.25, 0.3) is 5.57 Å². The molecule has 0 atom stereocenters. The molecule has 0 N–H and O–H groups in total. The van der Waals surface area contributed by atoms with Gasteiger partial charge in [-0.3, -0.25) is 4.79 Å². The van der Waals surface area contributed by atoms with Crippen LogP contribution in [0.2, 0.25) is 19.6 Å². The molecule has 0 fully saturated rings. The third kappa shape index (κ3) is 3.18. The lowest BCUT2D eigenvalue weighted by molar-refractivity contribution is -0.114. The second kappa shape index (κ2) is 6.02. The summed E-state index contributed by atoms with van der Waals surface area (Å²) >= 11 is 0. The SMILES string of the molecule is C=C(C1=C(c2ccccc2OC)C(=O)CCC1)[Si](C)(C)C. The average molecular weight is 300 g/mol. The topological polar surface area (TPSA) is 26.3 Å². The summed E-state index contributed by atoms with van der Waals surface area (Å²) < 4.78 is 5.46. The molecule has 3 heteroatoms. The lowest BCUT2D eigenvalue weighted by Gasteiger charge is -2.28. The summed E-state index contributed by atoms with van der Waals surface area (Å²) in [4.78, 5) is 12.6. The van der Waals surface area contributed by atoms with E-state index < -0.39 is 8.07 Å². The molecule has 0 unspecified atom stereocenters. The molecule has 0 saturated heterocycles. The maximum Gasteiger partial charge on any atom is 0.163 e. The van der Waals surface area contributed by atoms with Gasteiger partial charge >= 0.3 is 0 Å². The first-order valence-electron chi connectivity index (χ1n) is 7.45. The number of rotatable bonds is 4. The highest BCUT2D eigenvalue weighted by molar-refractivity contribution is 6.84. The van der Waals surface area contributed by atoms with Gasteiger partial charge in [0.25, 0.3) is 0 Å². The molecule has 0 amide bonds. The number of ether oxygens (including phenoxy) is 1. The number of para-hydroxylation sites is 1. The highest BCUT2D eigenvalue weighted by Crippen LogP contribution is 2.39. The minimum Gasteiger partial charge on any atom is -0.496 e. The molecule has 1 aromatic rings. The van der Waals surface area contributed by atoms with Crippen LogP contribution in [0.5, 0.6) is 5.75 Å². The predicted molar refractivity (Wildman–Crippen MR) is 91.3 cm³/mol. The van der Waals surface area contributed by atoms with Crippen molar-refractivity contribution in [1.29, 1.82) is 0 Å². The zero-order chi connectivity index (χ0) is 15.6. The van der Waals surface area contributed by atoms with Gasteiger partial charge in [-0.1, -0.05) is 49.6 Å². The Morgan fingerprint density at radius 1 is 1.19 bits per heavy atom. The van der Waals surface area contributed by atoms with E-state index in [9.17, 15) is 4.79 Å². The third-order valence-corrected chi connectivity index (χ3v) is 6.17. The first-order chi connectivity index (χ1) is 9.86. The summed E-state index contributed by atoms with van der Waals surface area (Å²) in [6.45, 7) is 11.2. The van der Waals surface area contributed by atoms with E-state index in [2.05, 4.69) is 26.2 Å². The van der Waals surface area contributed by atoms with Crippen molar-refractivity contribution >= 4 is 19.4 Å². The molecule has 0 aromatic heterocycles. The number of Topliss-reactive ketones (excluding diaryl/α,β-unsaturated/α-hetero) is 1. The van der Waals surface area contributed by atoms with Crippen molar-refractivity contribution in [2.75, 3.05) is 7.11 Å². The molecule has 1 aliphatic rings. The van der Waals surface area contributed by atoms with Crippen molar-refractivity contribution in [3.63, 3.8) is 0 Å². The average Bonchev–Trinajstić information content (AvgIpc) is 2.45. The van der Waals surface area contributed by atoms with Crippen LogP contribution in [-0.4, -0.2) is 21.0 Å². The van der Waals surface area contributed by atoms with Crippen LogP contribution < -0.4 is 4.74 Å². The number of allylic oxidation sites excluding steroid dienone is 3. The Bertz CT molecular complexity index is 606. The fourth-order valence-electron chi connectivity index (χ4n) is 2.76. The Kier molecular flexibility index (Phi) is 4.52. The minimum atomic E-state index is -1.53. The van der Waals surface area contributed by atoms with Gasteiger partial charge in [0.05, 0.1) is 15.2 Å². The molecule has 1 aromatic carbocycles. The summed E-state index contributed by atoms with van der Waals surface area (Å²) in [5.74, 6) is 0.990. The summed E-state index contributed by atoms with van der Waals surface area (Å²) in [6, 6.07) is 7.79. The molecule has 0 aliphatic heterocycles. The number of ketones is 1. The Labute approximate surface area is 128 Å². The van der Waals surface area contributed by atoms with Crippen molar-refractivity contribution < 1.29 is 9.53 Å². The molecule has 0 radical (unpaired) electrons. The molecule has 21 heavy (non-hydrogen) atoms. The quantitative estimate of drug-likeness (QED) is 0.757. The van der Waals surface area contributed by atoms with Crippen molar-refractivity contribution in [1.82, 2.24) is 0 Å². The van der Waals surface area contributed by atoms with Gasteiger partial charge in [0.1, 0.15) is 5.75 Å². The summed E-state index contributed by atoms with van der Waals surface area (Å²) in [7, 11) is 0.127. The van der Waals surface area contributed by atoms with E-state index in [1.54, 1.807) is 7.11 Å². The number of methoxy groups -OCH3 is 1. The highest BCUT2D eigenvalue weighted by atomic mass is 28.3. The van der Waals surface area contributed by atoms with E-state index in [-0.39, 0.29) is 5.78 Å². The number of carbonyl (C=O) groups excluding carboxylic acids is 1. The van der Waals surface area contributed by atoms with Gasteiger partial charge in [0.15, 0.2) is 5.78 Å². The Hall–Kier alpha value is -1.61. The van der Waals surface area contributed by atoms with Gasteiger partial charge in [-0.2, -0.15) is 0 Å². The second-order valence-electron chi connectivity index (χ2n) is 6.56. The highest BCUT2D eigenvalue weighted by Gasteiger charge is 2.29. The molecule has 0 bridgehead atoms. The molecule has 1 aliphatic carbocycles. The summed E-state index contributed by atoms with van der Waals surface area (Å²) in [5.41, 5.74) is 2.92. The molecule has 2 nitrogen and oxygen atoms in total. The Morgan fingerprint density at radius 2 is 1.86 bits per heavy atom. The first kappa shape index (κ1) is 15.8. The maximum atomic E-state index is 12.6. The van der Waals surface area contributed by atoms with E-state index in [1.165, 1.54) is 5.20 Å². The van der Waals surface area contributed by atoms with Gasteiger partial charge in [0, 0.05) is 17.6 Å². The second-order valence-corrected chi connectivity index (χ2v) is 11.7. The van der Waals surface area contributed by atoms with Crippen LogP contribution in [-0.2, 0) is 4.79 Å². The molecule has 112 valence electrons. The van der Waals surface area contributed by atoms with Gasteiger partial charge in [-0.15, -0.1) is 0 Å². The predicted octanol–water partition coefficient (Wildman–Crippen LogP) is 4.64. The smallest absolute Gasteiger partial charge is 0.163 e. The first-order valence-corrected chi connectivity index (χ1v) is 11.0. The van der Waals surface area contributed by atoms with Gasteiger partial charge in [-0.05, 0) is 24.5 Å². The van der Waals surface area contributed by atoms with E-state index >= 15 is 0 Å². The molecule has 0 saturated carbocycles. The fraction of sp³-hybridized carbons (Fsp3) is 0.389. The number of benzene rings is 1. The van der Waals surface area contributed by atoms with Crippen LogP contribution in [0.15, 0.2) is 41.6 Å². The lowest BCUT2D eigenvalue weighted by atomic mass is 9.86. The van der Waals surface area contributed by atoms with Crippen LogP contribution in [0, 0.1) is 0 Å². The van der Waals surface area contributed by atoms with Gasteiger partial charge < -0.3 is 4.74 Å². The third-order valence-electron chi connectivity index (χ3n) is 4.06. The van der Waals surface area contributed by atoms with Gasteiger partial charge in [0.2, 0.25) is 0 Å². The number of hydrogen-bond acceptors (Lipinski definition) is 2. The van der Waals surface area contributed by atoms with E-state index in [1.807, 2.05) is 24.3 Å². The van der Waals surface area contributed by atoms with Crippen molar-refractivity contribution in [2.45, 2.75) is 38.9 Å². The molecular weight excluding hydrogens is 276 g/mol. The monoisotopic (exact) mass is 300 g/mol.